The first-order valence-electron chi connectivity index (χ1n) is 6.13. The Balaban J connectivity index is 2.27. The van der Waals surface area contributed by atoms with Gasteiger partial charge in [0.2, 0.25) is 0 Å². The molecule has 3 rings (SSSR count). The van der Waals surface area contributed by atoms with Crippen molar-refractivity contribution in [2.24, 2.45) is 0 Å². The van der Waals surface area contributed by atoms with E-state index < -0.39 is 47.3 Å². The first-order chi connectivity index (χ1) is 10.6. The van der Waals surface area contributed by atoms with E-state index in [-0.39, 0.29) is 3.71 Å². The second-order valence-electron chi connectivity index (χ2n) is 4.70. The van der Waals surface area contributed by atoms with Gasteiger partial charge in [-0.3, -0.25) is 0 Å². The van der Waals surface area contributed by atoms with Gasteiger partial charge >= 0.3 is 6.18 Å². The van der Waals surface area contributed by atoms with Crippen LogP contribution >= 0.6 is 0 Å². The zero-order chi connectivity index (χ0) is 17.0. The molecule has 23 heavy (non-hydrogen) atoms. The summed E-state index contributed by atoms with van der Waals surface area (Å²) in [6.07, 6.45) is -4.73. The third-order valence-electron chi connectivity index (χ3n) is 3.23. The topological polar surface area (TPSA) is 71.5 Å². The van der Waals surface area contributed by atoms with Gasteiger partial charge in [0.25, 0.3) is 20.0 Å². The monoisotopic (exact) mass is 363 g/mol. The lowest BCUT2D eigenvalue weighted by atomic mass is 10.2. The maximum absolute atomic E-state index is 12.8. The van der Waals surface area contributed by atoms with Crippen LogP contribution in [0.25, 0.3) is 0 Å². The number of fused-ring (bicyclic) bond motifs is 1. The molecule has 0 atom stereocenters. The Morgan fingerprint density at radius 1 is 0.783 bits per heavy atom. The molecular formula is C13H8F3NO4S2. The summed E-state index contributed by atoms with van der Waals surface area (Å²) in [7, 11) is -8.98. The largest absolute Gasteiger partial charge is 0.416 e. The van der Waals surface area contributed by atoms with Gasteiger partial charge in [-0.25, -0.2) is 0 Å². The Morgan fingerprint density at radius 3 is 1.78 bits per heavy atom. The second-order valence-corrected chi connectivity index (χ2v) is 8.44. The molecule has 0 bridgehead atoms. The van der Waals surface area contributed by atoms with Crippen LogP contribution in [0.4, 0.5) is 18.9 Å². The van der Waals surface area contributed by atoms with Gasteiger partial charge in [0.1, 0.15) is 9.79 Å². The fraction of sp³-hybridized carbons (Fsp3) is 0.0769. The van der Waals surface area contributed by atoms with Crippen molar-refractivity contribution in [2.75, 3.05) is 3.71 Å². The summed E-state index contributed by atoms with van der Waals surface area (Å²) < 4.78 is 88.1. The van der Waals surface area contributed by atoms with Gasteiger partial charge in [-0.2, -0.15) is 33.7 Å². The van der Waals surface area contributed by atoms with Crippen LogP contribution in [-0.2, 0) is 26.2 Å². The Bertz CT molecular complexity index is 945. The van der Waals surface area contributed by atoms with Crippen molar-refractivity contribution in [3.8, 4) is 0 Å². The molecule has 1 heterocycles. The number of benzene rings is 2. The predicted molar refractivity (Wildman–Crippen MR) is 74.7 cm³/mol. The van der Waals surface area contributed by atoms with Crippen LogP contribution in [0.3, 0.4) is 0 Å². The molecule has 0 saturated heterocycles. The molecule has 1 aliphatic heterocycles. The van der Waals surface area contributed by atoms with E-state index >= 15 is 0 Å². The highest BCUT2D eigenvalue weighted by molar-refractivity contribution is 8.12. The van der Waals surface area contributed by atoms with Crippen molar-refractivity contribution in [1.29, 1.82) is 0 Å². The minimum Gasteiger partial charge on any atom is -0.200 e. The minimum atomic E-state index is -4.73. The van der Waals surface area contributed by atoms with E-state index in [1.165, 1.54) is 12.1 Å². The highest BCUT2D eigenvalue weighted by atomic mass is 32.3. The Hall–Kier alpha value is -2.07. The average molecular weight is 363 g/mol. The van der Waals surface area contributed by atoms with Crippen LogP contribution in [0.5, 0.6) is 0 Å². The van der Waals surface area contributed by atoms with Gasteiger partial charge in [0, 0.05) is 0 Å². The molecule has 0 saturated carbocycles. The quantitative estimate of drug-likeness (QED) is 0.781. The number of sulfonamides is 2. The summed E-state index contributed by atoms with van der Waals surface area (Å²) in [6, 6.07) is 8.02. The number of hydrogen-bond donors (Lipinski definition) is 0. The van der Waals surface area contributed by atoms with Crippen molar-refractivity contribution in [2.45, 2.75) is 16.0 Å². The third-order valence-corrected chi connectivity index (χ3v) is 7.65. The summed E-state index contributed by atoms with van der Waals surface area (Å²) >= 11 is 0. The van der Waals surface area contributed by atoms with Gasteiger partial charge in [-0.15, -0.1) is 0 Å². The minimum absolute atomic E-state index is 0.0277. The van der Waals surface area contributed by atoms with E-state index in [2.05, 4.69) is 0 Å². The lowest BCUT2D eigenvalue weighted by molar-refractivity contribution is -0.137. The third kappa shape index (κ3) is 2.29. The molecule has 0 spiro atoms. The first kappa shape index (κ1) is 15.8. The molecule has 0 amide bonds. The number of anilines is 1. The molecule has 0 aliphatic carbocycles. The SMILES string of the molecule is O=S1(=O)c2ccccc2S(=O)(=O)N1c1cccc(C(F)(F)F)c1. The van der Waals surface area contributed by atoms with Crippen LogP contribution < -0.4 is 3.71 Å². The molecule has 5 nitrogen and oxygen atoms in total. The first-order valence-corrected chi connectivity index (χ1v) is 9.01. The Labute approximate surface area is 130 Å². The maximum Gasteiger partial charge on any atom is 0.416 e. The summed E-state index contributed by atoms with van der Waals surface area (Å²) in [5.74, 6) is 0. The molecule has 0 unspecified atom stereocenters. The van der Waals surface area contributed by atoms with E-state index in [1.54, 1.807) is 0 Å². The number of nitrogens with zero attached hydrogens (tertiary/aromatic N) is 1. The summed E-state index contributed by atoms with van der Waals surface area (Å²) in [5, 5.41) is 0. The lowest BCUT2D eigenvalue weighted by Gasteiger charge is -2.17. The number of alkyl halides is 3. The molecule has 2 aromatic rings. The van der Waals surface area contributed by atoms with Crippen LogP contribution in [0.15, 0.2) is 58.3 Å². The van der Waals surface area contributed by atoms with Gasteiger partial charge in [-0.1, -0.05) is 18.2 Å². The molecule has 0 aromatic heterocycles. The molecule has 0 radical (unpaired) electrons. The van der Waals surface area contributed by atoms with E-state index in [0.29, 0.717) is 6.07 Å². The molecule has 10 heteroatoms. The molecule has 1 aliphatic rings. The van der Waals surface area contributed by atoms with Crippen LogP contribution in [0.2, 0.25) is 0 Å². The zero-order valence-corrected chi connectivity index (χ0v) is 12.8. The van der Waals surface area contributed by atoms with Crippen LogP contribution in [-0.4, -0.2) is 16.8 Å². The van der Waals surface area contributed by atoms with Gasteiger partial charge in [-0.05, 0) is 30.3 Å². The zero-order valence-electron chi connectivity index (χ0n) is 11.1. The van der Waals surface area contributed by atoms with Crippen LogP contribution in [0, 0.1) is 0 Å². The second kappa shape index (κ2) is 4.71. The predicted octanol–water partition coefficient (Wildman–Crippen LogP) is 2.60. The Kier molecular flexibility index (Phi) is 3.24. The molecule has 0 fully saturated rings. The number of hydrogen-bond acceptors (Lipinski definition) is 4. The summed E-state index contributed by atoms with van der Waals surface area (Å²) in [5.41, 5.74) is -1.73. The number of rotatable bonds is 1. The molecule has 122 valence electrons. The van der Waals surface area contributed by atoms with Crippen molar-refractivity contribution < 1.29 is 30.0 Å². The van der Waals surface area contributed by atoms with Crippen molar-refractivity contribution in [1.82, 2.24) is 0 Å². The smallest absolute Gasteiger partial charge is 0.200 e. The van der Waals surface area contributed by atoms with E-state index in [1.807, 2.05) is 0 Å². The molecule has 0 N–H and O–H groups in total. The highest BCUT2D eigenvalue weighted by Crippen LogP contribution is 2.41. The van der Waals surface area contributed by atoms with Crippen LogP contribution in [0.1, 0.15) is 5.56 Å². The molecular weight excluding hydrogens is 355 g/mol. The Morgan fingerprint density at radius 2 is 1.30 bits per heavy atom. The lowest BCUT2D eigenvalue weighted by Crippen LogP contribution is -2.30. The normalized spacial score (nSPS) is 18.7. The van der Waals surface area contributed by atoms with Gasteiger partial charge in [0.15, 0.2) is 0 Å². The van der Waals surface area contributed by atoms with Crippen molar-refractivity contribution >= 4 is 25.7 Å². The van der Waals surface area contributed by atoms with E-state index in [9.17, 15) is 30.0 Å². The van der Waals surface area contributed by atoms with Gasteiger partial charge < -0.3 is 0 Å². The van der Waals surface area contributed by atoms with Crippen molar-refractivity contribution in [3.63, 3.8) is 0 Å². The fourth-order valence-corrected chi connectivity index (χ4v) is 6.69. The van der Waals surface area contributed by atoms with E-state index in [0.717, 1.165) is 30.3 Å². The summed E-state index contributed by atoms with van der Waals surface area (Å²) in [4.78, 5) is -0.921. The molecule has 2 aromatic carbocycles. The maximum atomic E-state index is 12.8. The summed E-state index contributed by atoms with van der Waals surface area (Å²) in [6.45, 7) is 0. The highest BCUT2D eigenvalue weighted by Gasteiger charge is 2.47. The average Bonchev–Trinajstić information content (AvgIpc) is 2.62. The number of halogens is 3. The fourth-order valence-electron chi connectivity index (χ4n) is 2.26. The van der Waals surface area contributed by atoms with Gasteiger partial charge in [0.05, 0.1) is 11.3 Å². The van der Waals surface area contributed by atoms with E-state index in [4.69, 9.17) is 0 Å². The standard InChI is InChI=1S/C13H8F3NO4S2/c14-13(15,16)9-4-3-5-10(8-9)17-22(18,19)11-6-1-2-7-12(11)23(17,20)21/h1-8H. The van der Waals surface area contributed by atoms with Crippen molar-refractivity contribution in [3.05, 3.63) is 54.1 Å².